The van der Waals surface area contributed by atoms with Gasteiger partial charge in [-0.25, -0.2) is 0 Å². The average Bonchev–Trinajstić information content (AvgIpc) is 2.16. The van der Waals surface area contributed by atoms with Crippen LogP contribution in [-0.2, 0) is 6.61 Å². The Morgan fingerprint density at radius 2 is 2.15 bits per heavy atom. The van der Waals surface area contributed by atoms with Crippen LogP contribution in [0.3, 0.4) is 0 Å². The van der Waals surface area contributed by atoms with Gasteiger partial charge in [0, 0.05) is 6.04 Å². The molecule has 1 rings (SSSR count). The Hall–Kier alpha value is -0.930. The molecule has 0 aliphatic heterocycles. The summed E-state index contributed by atoms with van der Waals surface area (Å²) < 4.78 is 0. The van der Waals surface area contributed by atoms with Gasteiger partial charge in [0.15, 0.2) is 0 Å². The molecule has 3 N–H and O–H groups in total. The molecule has 0 fully saturated rings. The first kappa shape index (κ1) is 10.2. The quantitative estimate of drug-likeness (QED) is 0.735. The molecule has 0 radical (unpaired) electrons. The van der Waals surface area contributed by atoms with E-state index in [-0.39, 0.29) is 12.6 Å². The summed E-state index contributed by atoms with van der Waals surface area (Å²) in [6, 6.07) is 5.50. The van der Waals surface area contributed by atoms with Gasteiger partial charge in [-0.1, -0.05) is 19.9 Å². The molecule has 0 bridgehead atoms. The minimum Gasteiger partial charge on any atom is -0.390 e. The number of aliphatic hydroxyl groups is 1. The van der Waals surface area contributed by atoms with Crippen molar-refractivity contribution >= 4 is 0 Å². The van der Waals surface area contributed by atoms with E-state index in [1.165, 1.54) is 0 Å². The molecular formula is C10H16N2O. The molecule has 1 aromatic heterocycles. The number of nitrogens with two attached hydrogens (primary N) is 1. The van der Waals surface area contributed by atoms with Crippen molar-refractivity contribution in [2.24, 2.45) is 11.7 Å². The summed E-state index contributed by atoms with van der Waals surface area (Å²) in [4.78, 5) is 4.24. The van der Waals surface area contributed by atoms with Crippen LogP contribution < -0.4 is 5.73 Å². The molecule has 1 atom stereocenters. The third-order valence-corrected chi connectivity index (χ3v) is 2.05. The fourth-order valence-corrected chi connectivity index (χ4v) is 1.11. The second-order valence-corrected chi connectivity index (χ2v) is 3.48. The number of rotatable bonds is 3. The zero-order valence-corrected chi connectivity index (χ0v) is 8.07. The van der Waals surface area contributed by atoms with E-state index in [4.69, 9.17) is 10.8 Å². The number of aromatic nitrogens is 1. The highest BCUT2D eigenvalue weighted by atomic mass is 16.3. The predicted molar refractivity (Wildman–Crippen MR) is 51.9 cm³/mol. The molecule has 3 nitrogen and oxygen atoms in total. The third kappa shape index (κ3) is 2.50. The lowest BCUT2D eigenvalue weighted by atomic mass is 10.0. The van der Waals surface area contributed by atoms with Crippen molar-refractivity contribution in [1.82, 2.24) is 4.98 Å². The summed E-state index contributed by atoms with van der Waals surface area (Å²) >= 11 is 0. The van der Waals surface area contributed by atoms with Crippen LogP contribution >= 0.6 is 0 Å². The zero-order valence-electron chi connectivity index (χ0n) is 8.07. The van der Waals surface area contributed by atoms with E-state index >= 15 is 0 Å². The van der Waals surface area contributed by atoms with Crippen LogP contribution in [0.5, 0.6) is 0 Å². The highest BCUT2D eigenvalue weighted by molar-refractivity contribution is 5.13. The molecule has 1 aromatic rings. The second kappa shape index (κ2) is 4.35. The van der Waals surface area contributed by atoms with Crippen molar-refractivity contribution in [2.45, 2.75) is 26.5 Å². The summed E-state index contributed by atoms with van der Waals surface area (Å²) in [6.07, 6.45) is 0. The van der Waals surface area contributed by atoms with E-state index in [0.29, 0.717) is 11.6 Å². The molecule has 0 aliphatic rings. The van der Waals surface area contributed by atoms with Gasteiger partial charge in [-0.3, -0.25) is 4.98 Å². The molecule has 1 heterocycles. The Labute approximate surface area is 78.6 Å². The fourth-order valence-electron chi connectivity index (χ4n) is 1.11. The summed E-state index contributed by atoms with van der Waals surface area (Å²) in [5.74, 6) is 0.362. The molecule has 0 saturated carbocycles. The lowest BCUT2D eigenvalue weighted by Crippen LogP contribution is -2.18. The summed E-state index contributed by atoms with van der Waals surface area (Å²) in [5.41, 5.74) is 7.44. The van der Waals surface area contributed by atoms with Gasteiger partial charge in [0.25, 0.3) is 0 Å². The van der Waals surface area contributed by atoms with E-state index in [1.54, 1.807) is 6.07 Å². The Morgan fingerprint density at radius 1 is 1.46 bits per heavy atom. The SMILES string of the molecule is CC(C)[C@@H](N)c1cccc(CO)n1. The second-order valence-electron chi connectivity index (χ2n) is 3.48. The minimum absolute atomic E-state index is 0.0291. The van der Waals surface area contributed by atoms with Crippen molar-refractivity contribution in [3.05, 3.63) is 29.6 Å². The lowest BCUT2D eigenvalue weighted by molar-refractivity contribution is 0.276. The molecular weight excluding hydrogens is 164 g/mol. The summed E-state index contributed by atoms with van der Waals surface area (Å²) in [5, 5.41) is 8.88. The summed E-state index contributed by atoms with van der Waals surface area (Å²) in [7, 11) is 0. The summed E-state index contributed by atoms with van der Waals surface area (Å²) in [6.45, 7) is 4.08. The first-order valence-corrected chi connectivity index (χ1v) is 4.47. The highest BCUT2D eigenvalue weighted by Crippen LogP contribution is 2.16. The van der Waals surface area contributed by atoms with Crippen molar-refractivity contribution in [2.75, 3.05) is 0 Å². The molecule has 0 aromatic carbocycles. The Morgan fingerprint density at radius 3 is 2.69 bits per heavy atom. The number of pyridine rings is 1. The molecule has 0 spiro atoms. The smallest absolute Gasteiger partial charge is 0.0853 e. The molecule has 13 heavy (non-hydrogen) atoms. The van der Waals surface area contributed by atoms with Crippen LogP contribution in [0.25, 0.3) is 0 Å². The van der Waals surface area contributed by atoms with E-state index in [2.05, 4.69) is 18.8 Å². The van der Waals surface area contributed by atoms with Crippen molar-refractivity contribution in [3.8, 4) is 0 Å². The van der Waals surface area contributed by atoms with E-state index in [0.717, 1.165) is 5.69 Å². The number of nitrogens with zero attached hydrogens (tertiary/aromatic N) is 1. The highest BCUT2D eigenvalue weighted by Gasteiger charge is 2.11. The first-order chi connectivity index (χ1) is 6.15. The van der Waals surface area contributed by atoms with E-state index in [1.807, 2.05) is 12.1 Å². The van der Waals surface area contributed by atoms with Gasteiger partial charge in [0.2, 0.25) is 0 Å². The van der Waals surface area contributed by atoms with Crippen LogP contribution in [0.2, 0.25) is 0 Å². The van der Waals surface area contributed by atoms with Gasteiger partial charge in [-0.05, 0) is 18.1 Å². The van der Waals surface area contributed by atoms with Crippen molar-refractivity contribution < 1.29 is 5.11 Å². The van der Waals surface area contributed by atoms with Gasteiger partial charge in [0.1, 0.15) is 0 Å². The van der Waals surface area contributed by atoms with Crippen LogP contribution in [-0.4, -0.2) is 10.1 Å². The molecule has 0 aliphatic carbocycles. The average molecular weight is 180 g/mol. The van der Waals surface area contributed by atoms with Gasteiger partial charge >= 0.3 is 0 Å². The number of hydrogen-bond acceptors (Lipinski definition) is 3. The largest absolute Gasteiger partial charge is 0.390 e. The lowest BCUT2D eigenvalue weighted by Gasteiger charge is -2.15. The van der Waals surface area contributed by atoms with Crippen LogP contribution in [0.15, 0.2) is 18.2 Å². The molecule has 0 saturated heterocycles. The Balaban J connectivity index is 2.88. The third-order valence-electron chi connectivity index (χ3n) is 2.05. The normalized spacial score (nSPS) is 13.3. The molecule has 72 valence electrons. The van der Waals surface area contributed by atoms with Crippen LogP contribution in [0.1, 0.15) is 31.3 Å². The maximum atomic E-state index is 8.88. The van der Waals surface area contributed by atoms with Crippen molar-refractivity contribution in [1.29, 1.82) is 0 Å². The monoisotopic (exact) mass is 180 g/mol. The number of hydrogen-bond donors (Lipinski definition) is 2. The van der Waals surface area contributed by atoms with Crippen LogP contribution in [0.4, 0.5) is 0 Å². The number of aliphatic hydroxyl groups excluding tert-OH is 1. The topological polar surface area (TPSA) is 59.1 Å². The van der Waals surface area contributed by atoms with E-state index < -0.39 is 0 Å². The Bertz CT molecular complexity index is 273. The van der Waals surface area contributed by atoms with Crippen LogP contribution in [0, 0.1) is 5.92 Å². The first-order valence-electron chi connectivity index (χ1n) is 4.47. The van der Waals surface area contributed by atoms with Gasteiger partial charge in [0.05, 0.1) is 18.0 Å². The van der Waals surface area contributed by atoms with Gasteiger partial charge in [-0.15, -0.1) is 0 Å². The fraction of sp³-hybridized carbons (Fsp3) is 0.500. The van der Waals surface area contributed by atoms with Crippen molar-refractivity contribution in [3.63, 3.8) is 0 Å². The van der Waals surface area contributed by atoms with Gasteiger partial charge < -0.3 is 10.8 Å². The minimum atomic E-state index is -0.0495. The molecule has 3 heteroatoms. The Kier molecular flexibility index (Phi) is 3.39. The van der Waals surface area contributed by atoms with E-state index in [9.17, 15) is 0 Å². The molecule has 0 amide bonds. The maximum absolute atomic E-state index is 8.88. The molecule has 0 unspecified atom stereocenters. The standard InChI is InChI=1S/C10H16N2O/c1-7(2)10(11)9-5-3-4-8(6-13)12-9/h3-5,7,10,13H,6,11H2,1-2H3/t10-/m1/s1. The zero-order chi connectivity index (χ0) is 9.84. The predicted octanol–water partition coefficient (Wildman–Crippen LogP) is 1.23. The van der Waals surface area contributed by atoms with Gasteiger partial charge in [-0.2, -0.15) is 0 Å². The maximum Gasteiger partial charge on any atom is 0.0853 e.